The van der Waals surface area contributed by atoms with Crippen molar-refractivity contribution in [3.05, 3.63) is 78.4 Å². The van der Waals surface area contributed by atoms with Crippen LogP contribution in [0, 0.1) is 0 Å². The molecule has 1 aromatic heterocycles. The van der Waals surface area contributed by atoms with Crippen LogP contribution >= 0.6 is 11.3 Å². The second-order valence-electron chi connectivity index (χ2n) is 6.74. The van der Waals surface area contributed by atoms with Crippen LogP contribution < -0.4 is 10.2 Å². The van der Waals surface area contributed by atoms with Crippen molar-refractivity contribution >= 4 is 38.8 Å². The first-order valence-corrected chi connectivity index (χ1v) is 10.6. The Morgan fingerprint density at radius 1 is 0.966 bits per heavy atom. The number of amides is 1. The normalized spacial score (nSPS) is 10.8. The number of nitrogens with zero attached hydrogens (tertiary/aromatic N) is 2. The van der Waals surface area contributed by atoms with Gasteiger partial charge in [0, 0.05) is 35.6 Å². The zero-order valence-corrected chi connectivity index (χ0v) is 17.4. The number of hydrogen-bond donors (Lipinski definition) is 1. The summed E-state index contributed by atoms with van der Waals surface area (Å²) in [5, 5.41) is 3.95. The third-order valence-electron chi connectivity index (χ3n) is 4.92. The minimum absolute atomic E-state index is 0.113. The Morgan fingerprint density at radius 2 is 1.72 bits per heavy atom. The van der Waals surface area contributed by atoms with Gasteiger partial charge >= 0.3 is 0 Å². The van der Waals surface area contributed by atoms with E-state index < -0.39 is 0 Å². The first-order chi connectivity index (χ1) is 14.2. The lowest BCUT2D eigenvalue weighted by Gasteiger charge is -2.21. The van der Waals surface area contributed by atoms with Gasteiger partial charge in [-0.1, -0.05) is 24.3 Å². The number of benzene rings is 3. The SMILES string of the molecule is CCN(CC)c1ccc(C(=O)Nc2cccc(-c3nc4ccccc4s3)c2)cc1. The molecule has 0 spiro atoms. The summed E-state index contributed by atoms with van der Waals surface area (Å²) in [6, 6.07) is 23.7. The van der Waals surface area contributed by atoms with Gasteiger partial charge < -0.3 is 10.2 Å². The summed E-state index contributed by atoms with van der Waals surface area (Å²) < 4.78 is 1.16. The van der Waals surface area contributed by atoms with Crippen LogP contribution in [0.1, 0.15) is 24.2 Å². The Hall–Kier alpha value is -3.18. The lowest BCUT2D eigenvalue weighted by molar-refractivity contribution is 0.102. The molecule has 0 radical (unpaired) electrons. The summed E-state index contributed by atoms with van der Waals surface area (Å²) in [5.41, 5.74) is 4.53. The van der Waals surface area contributed by atoms with Crippen LogP contribution in [0.5, 0.6) is 0 Å². The number of fused-ring (bicyclic) bond motifs is 1. The topological polar surface area (TPSA) is 45.2 Å². The highest BCUT2D eigenvalue weighted by atomic mass is 32.1. The van der Waals surface area contributed by atoms with E-state index in [0.29, 0.717) is 5.56 Å². The van der Waals surface area contributed by atoms with Gasteiger partial charge in [0.1, 0.15) is 5.01 Å². The van der Waals surface area contributed by atoms with Gasteiger partial charge in [-0.3, -0.25) is 4.79 Å². The fourth-order valence-corrected chi connectivity index (χ4v) is 4.30. The smallest absolute Gasteiger partial charge is 0.255 e. The molecule has 0 bridgehead atoms. The molecule has 0 aliphatic carbocycles. The van der Waals surface area contributed by atoms with Crippen molar-refractivity contribution in [2.75, 3.05) is 23.3 Å². The Morgan fingerprint density at radius 3 is 2.45 bits per heavy atom. The largest absolute Gasteiger partial charge is 0.372 e. The predicted molar refractivity (Wildman–Crippen MR) is 123 cm³/mol. The summed E-state index contributed by atoms with van der Waals surface area (Å²) in [6.07, 6.45) is 0. The molecule has 1 heterocycles. The van der Waals surface area contributed by atoms with E-state index in [-0.39, 0.29) is 5.91 Å². The van der Waals surface area contributed by atoms with E-state index in [4.69, 9.17) is 4.98 Å². The first kappa shape index (κ1) is 19.2. The van der Waals surface area contributed by atoms with E-state index in [1.54, 1.807) is 11.3 Å². The van der Waals surface area contributed by atoms with Crippen LogP contribution in [0.25, 0.3) is 20.8 Å². The van der Waals surface area contributed by atoms with Gasteiger partial charge in [0.2, 0.25) is 0 Å². The maximum Gasteiger partial charge on any atom is 0.255 e. The highest BCUT2D eigenvalue weighted by molar-refractivity contribution is 7.21. The molecule has 29 heavy (non-hydrogen) atoms. The number of hydrogen-bond acceptors (Lipinski definition) is 4. The zero-order valence-electron chi connectivity index (χ0n) is 16.6. The van der Waals surface area contributed by atoms with Gasteiger partial charge in [-0.05, 0) is 62.4 Å². The summed E-state index contributed by atoms with van der Waals surface area (Å²) in [7, 11) is 0. The average molecular weight is 402 g/mol. The van der Waals surface area contributed by atoms with Crippen LogP contribution in [-0.4, -0.2) is 24.0 Å². The van der Waals surface area contributed by atoms with Crippen molar-refractivity contribution in [2.24, 2.45) is 0 Å². The minimum atomic E-state index is -0.113. The number of carbonyl (C=O) groups excluding carboxylic acids is 1. The highest BCUT2D eigenvalue weighted by Gasteiger charge is 2.10. The Labute approximate surface area is 174 Å². The van der Waals surface area contributed by atoms with E-state index in [2.05, 4.69) is 30.1 Å². The first-order valence-electron chi connectivity index (χ1n) is 9.80. The van der Waals surface area contributed by atoms with Gasteiger partial charge in [-0.2, -0.15) is 0 Å². The maximum absolute atomic E-state index is 12.7. The van der Waals surface area contributed by atoms with Gasteiger partial charge in [0.25, 0.3) is 5.91 Å². The highest BCUT2D eigenvalue weighted by Crippen LogP contribution is 2.31. The van der Waals surface area contributed by atoms with E-state index in [9.17, 15) is 4.79 Å². The summed E-state index contributed by atoms with van der Waals surface area (Å²) in [5.74, 6) is -0.113. The van der Waals surface area contributed by atoms with Crippen LogP contribution in [-0.2, 0) is 0 Å². The molecule has 4 rings (SSSR count). The third kappa shape index (κ3) is 4.15. The van der Waals surface area contributed by atoms with Gasteiger partial charge in [0.05, 0.1) is 10.2 Å². The molecular weight excluding hydrogens is 378 g/mol. The van der Waals surface area contributed by atoms with E-state index in [0.717, 1.165) is 45.3 Å². The fourth-order valence-electron chi connectivity index (χ4n) is 3.34. The molecule has 146 valence electrons. The molecule has 0 saturated heterocycles. The van der Waals surface area contributed by atoms with Crippen LogP contribution in [0.2, 0.25) is 0 Å². The van der Waals surface area contributed by atoms with Crippen LogP contribution in [0.4, 0.5) is 11.4 Å². The van der Waals surface area contributed by atoms with Crippen molar-refractivity contribution in [1.82, 2.24) is 4.98 Å². The van der Waals surface area contributed by atoms with Crippen LogP contribution in [0.3, 0.4) is 0 Å². The molecular formula is C24H23N3OS. The standard InChI is InChI=1S/C24H23N3OS/c1-3-27(4-2)20-14-12-17(13-15-20)23(28)25-19-9-7-8-18(16-19)24-26-21-10-5-6-11-22(21)29-24/h5-16H,3-4H2,1-2H3,(H,25,28). The van der Waals surface area contributed by atoms with E-state index >= 15 is 0 Å². The fraction of sp³-hybridized carbons (Fsp3) is 0.167. The van der Waals surface area contributed by atoms with E-state index in [1.807, 2.05) is 66.7 Å². The number of carbonyl (C=O) groups is 1. The average Bonchev–Trinajstić information content (AvgIpc) is 3.20. The quantitative estimate of drug-likeness (QED) is 0.427. The van der Waals surface area contributed by atoms with Crippen LogP contribution in [0.15, 0.2) is 72.8 Å². The molecule has 5 heteroatoms. The number of para-hydroxylation sites is 1. The predicted octanol–water partition coefficient (Wildman–Crippen LogP) is 6.06. The minimum Gasteiger partial charge on any atom is -0.372 e. The lowest BCUT2D eigenvalue weighted by Crippen LogP contribution is -2.21. The Bertz CT molecular complexity index is 1100. The molecule has 0 aliphatic heterocycles. The molecule has 3 aromatic carbocycles. The summed E-state index contributed by atoms with van der Waals surface area (Å²) in [6.45, 7) is 6.15. The molecule has 0 atom stereocenters. The molecule has 0 saturated carbocycles. The Kier molecular flexibility index (Phi) is 5.58. The number of rotatable bonds is 6. The zero-order chi connectivity index (χ0) is 20.2. The van der Waals surface area contributed by atoms with Gasteiger partial charge in [-0.25, -0.2) is 4.98 Å². The molecule has 4 nitrogen and oxygen atoms in total. The second kappa shape index (κ2) is 8.45. The van der Waals surface area contributed by atoms with Crippen molar-refractivity contribution in [3.8, 4) is 10.6 Å². The Balaban J connectivity index is 1.52. The van der Waals surface area contributed by atoms with Crippen molar-refractivity contribution in [1.29, 1.82) is 0 Å². The molecule has 0 aliphatic rings. The summed E-state index contributed by atoms with van der Waals surface area (Å²) in [4.78, 5) is 19.6. The monoisotopic (exact) mass is 401 g/mol. The lowest BCUT2D eigenvalue weighted by atomic mass is 10.1. The maximum atomic E-state index is 12.7. The number of anilines is 2. The van der Waals surface area contributed by atoms with Crippen molar-refractivity contribution in [3.63, 3.8) is 0 Å². The van der Waals surface area contributed by atoms with Crippen molar-refractivity contribution < 1.29 is 4.79 Å². The second-order valence-corrected chi connectivity index (χ2v) is 7.77. The third-order valence-corrected chi connectivity index (χ3v) is 6.00. The molecule has 1 amide bonds. The molecule has 4 aromatic rings. The summed E-state index contributed by atoms with van der Waals surface area (Å²) >= 11 is 1.65. The number of thiazole rings is 1. The number of nitrogens with one attached hydrogen (secondary N) is 1. The number of aromatic nitrogens is 1. The molecule has 1 N–H and O–H groups in total. The van der Waals surface area contributed by atoms with Gasteiger partial charge in [-0.15, -0.1) is 11.3 Å². The molecule has 0 unspecified atom stereocenters. The van der Waals surface area contributed by atoms with E-state index in [1.165, 1.54) is 0 Å². The van der Waals surface area contributed by atoms with Crippen molar-refractivity contribution in [2.45, 2.75) is 13.8 Å². The molecule has 0 fully saturated rings. The van der Waals surface area contributed by atoms with Gasteiger partial charge in [0.15, 0.2) is 0 Å².